The van der Waals surface area contributed by atoms with Crippen molar-refractivity contribution in [3.63, 3.8) is 0 Å². The predicted octanol–water partition coefficient (Wildman–Crippen LogP) is 0.723. The lowest BCUT2D eigenvalue weighted by Gasteiger charge is -2.32. The zero-order valence-corrected chi connectivity index (χ0v) is 11.4. The molecule has 0 bridgehead atoms. The van der Waals surface area contributed by atoms with Crippen LogP contribution in [0, 0.1) is 0 Å². The van der Waals surface area contributed by atoms with Gasteiger partial charge < -0.3 is 10.2 Å². The Labute approximate surface area is 113 Å². The first kappa shape index (κ1) is 12.5. The molecule has 1 aliphatic carbocycles. The van der Waals surface area contributed by atoms with Crippen LogP contribution in [-0.2, 0) is 17.6 Å². The third-order valence-corrected chi connectivity index (χ3v) is 4.00. The smallest absolute Gasteiger partial charge is 0.225 e. The van der Waals surface area contributed by atoms with Gasteiger partial charge in [-0.3, -0.25) is 4.79 Å². The average Bonchev–Trinajstić information content (AvgIpc) is 2.47. The van der Waals surface area contributed by atoms with Crippen LogP contribution in [-0.4, -0.2) is 41.4 Å². The van der Waals surface area contributed by atoms with Crippen LogP contribution in [0.4, 0.5) is 5.95 Å². The standard InChI is InChI=1S/C14H20N4O/c1-10(19)13-9-18(7-6-15-13)14-16-8-11-4-2-3-5-12(11)17-14/h8,13,15H,2-7,9H2,1H3/t13-/m0/s1. The van der Waals surface area contributed by atoms with Gasteiger partial charge in [0, 0.05) is 31.5 Å². The average molecular weight is 260 g/mol. The molecule has 0 saturated carbocycles. The van der Waals surface area contributed by atoms with Crippen LogP contribution in [0.3, 0.4) is 0 Å². The number of hydrogen-bond acceptors (Lipinski definition) is 5. The first-order chi connectivity index (χ1) is 9.24. The molecule has 1 atom stereocenters. The van der Waals surface area contributed by atoms with Crippen molar-refractivity contribution in [2.75, 3.05) is 24.5 Å². The van der Waals surface area contributed by atoms with Crippen LogP contribution in [0.5, 0.6) is 0 Å². The first-order valence-corrected chi connectivity index (χ1v) is 7.07. The molecule has 3 rings (SSSR count). The molecule has 5 heteroatoms. The summed E-state index contributed by atoms with van der Waals surface area (Å²) in [6, 6.07) is -0.0895. The van der Waals surface area contributed by atoms with Crippen LogP contribution in [0.1, 0.15) is 31.0 Å². The first-order valence-electron chi connectivity index (χ1n) is 7.07. The van der Waals surface area contributed by atoms with E-state index in [0.29, 0.717) is 6.54 Å². The third kappa shape index (κ3) is 2.61. The quantitative estimate of drug-likeness (QED) is 0.849. The van der Waals surface area contributed by atoms with Crippen molar-refractivity contribution in [2.45, 2.75) is 38.6 Å². The zero-order chi connectivity index (χ0) is 13.2. The predicted molar refractivity (Wildman–Crippen MR) is 73.4 cm³/mol. The number of anilines is 1. The Kier molecular flexibility index (Phi) is 3.46. The molecule has 1 aromatic heterocycles. The second-order valence-electron chi connectivity index (χ2n) is 5.41. The van der Waals surface area contributed by atoms with Gasteiger partial charge >= 0.3 is 0 Å². The molecule has 1 aliphatic heterocycles. The summed E-state index contributed by atoms with van der Waals surface area (Å²) in [5.41, 5.74) is 2.50. The molecule has 1 saturated heterocycles. The van der Waals surface area contributed by atoms with Gasteiger partial charge in [0.25, 0.3) is 0 Å². The summed E-state index contributed by atoms with van der Waals surface area (Å²) in [4.78, 5) is 22.8. The number of aryl methyl sites for hydroxylation is 2. The highest BCUT2D eigenvalue weighted by molar-refractivity contribution is 5.82. The lowest BCUT2D eigenvalue weighted by molar-refractivity contribution is -0.118. The van der Waals surface area contributed by atoms with Crippen molar-refractivity contribution >= 4 is 11.7 Å². The van der Waals surface area contributed by atoms with E-state index in [1.165, 1.54) is 24.1 Å². The summed E-state index contributed by atoms with van der Waals surface area (Å²) in [6.45, 7) is 3.98. The van der Waals surface area contributed by atoms with Crippen LogP contribution in [0.15, 0.2) is 6.20 Å². The number of aromatic nitrogens is 2. The number of fused-ring (bicyclic) bond motifs is 1. The van der Waals surface area contributed by atoms with Crippen LogP contribution in [0.2, 0.25) is 0 Å². The van der Waals surface area contributed by atoms with Crippen molar-refractivity contribution in [1.82, 2.24) is 15.3 Å². The maximum Gasteiger partial charge on any atom is 0.225 e. The van der Waals surface area contributed by atoms with Gasteiger partial charge in [-0.15, -0.1) is 0 Å². The minimum atomic E-state index is -0.0895. The van der Waals surface area contributed by atoms with E-state index >= 15 is 0 Å². The van der Waals surface area contributed by atoms with E-state index in [1.807, 2.05) is 6.20 Å². The van der Waals surface area contributed by atoms with E-state index in [2.05, 4.69) is 15.2 Å². The fourth-order valence-corrected chi connectivity index (χ4v) is 2.82. The van der Waals surface area contributed by atoms with E-state index < -0.39 is 0 Å². The highest BCUT2D eigenvalue weighted by Crippen LogP contribution is 2.21. The number of ketones is 1. The molecule has 1 fully saturated rings. The Hall–Kier alpha value is -1.49. The number of Topliss-reactive ketones (excluding diaryl/α,β-unsaturated/α-hetero) is 1. The van der Waals surface area contributed by atoms with Crippen molar-refractivity contribution in [3.8, 4) is 0 Å². The SMILES string of the molecule is CC(=O)[C@@H]1CN(c2ncc3c(n2)CCCC3)CCN1. The van der Waals surface area contributed by atoms with E-state index in [9.17, 15) is 4.79 Å². The Balaban J connectivity index is 1.79. The molecule has 0 amide bonds. The van der Waals surface area contributed by atoms with E-state index in [4.69, 9.17) is 4.98 Å². The summed E-state index contributed by atoms with van der Waals surface area (Å²) in [5, 5.41) is 3.23. The molecule has 0 unspecified atom stereocenters. The molecule has 102 valence electrons. The summed E-state index contributed by atoms with van der Waals surface area (Å²) in [5.74, 6) is 0.969. The number of carbonyl (C=O) groups is 1. The van der Waals surface area contributed by atoms with E-state index in [1.54, 1.807) is 6.92 Å². The highest BCUT2D eigenvalue weighted by Gasteiger charge is 2.24. The Morgan fingerprint density at radius 1 is 1.42 bits per heavy atom. The van der Waals surface area contributed by atoms with Crippen molar-refractivity contribution in [2.24, 2.45) is 0 Å². The minimum Gasteiger partial charge on any atom is -0.338 e. The maximum absolute atomic E-state index is 11.5. The molecular weight excluding hydrogens is 240 g/mol. The monoisotopic (exact) mass is 260 g/mol. The second-order valence-corrected chi connectivity index (χ2v) is 5.41. The topological polar surface area (TPSA) is 58.1 Å². The molecule has 1 N–H and O–H groups in total. The number of hydrogen-bond donors (Lipinski definition) is 1. The van der Waals surface area contributed by atoms with E-state index in [-0.39, 0.29) is 11.8 Å². The number of carbonyl (C=O) groups excluding carboxylic acids is 1. The van der Waals surface area contributed by atoms with Gasteiger partial charge in [-0.1, -0.05) is 0 Å². The van der Waals surface area contributed by atoms with Crippen LogP contribution >= 0.6 is 0 Å². The molecule has 2 heterocycles. The number of piperazine rings is 1. The normalized spacial score (nSPS) is 23.0. The molecule has 0 spiro atoms. The van der Waals surface area contributed by atoms with Gasteiger partial charge in [-0.25, -0.2) is 9.97 Å². The Morgan fingerprint density at radius 2 is 2.26 bits per heavy atom. The summed E-state index contributed by atoms with van der Waals surface area (Å²) >= 11 is 0. The highest BCUT2D eigenvalue weighted by atomic mass is 16.1. The lowest BCUT2D eigenvalue weighted by Crippen LogP contribution is -2.54. The lowest BCUT2D eigenvalue weighted by atomic mass is 9.98. The minimum absolute atomic E-state index is 0.0895. The Bertz CT molecular complexity index is 488. The van der Waals surface area contributed by atoms with Gasteiger partial charge in [-0.2, -0.15) is 0 Å². The van der Waals surface area contributed by atoms with E-state index in [0.717, 1.165) is 31.9 Å². The van der Waals surface area contributed by atoms with Gasteiger partial charge in [0.1, 0.15) is 5.78 Å². The molecule has 5 nitrogen and oxygen atoms in total. The summed E-state index contributed by atoms with van der Waals surface area (Å²) in [7, 11) is 0. The van der Waals surface area contributed by atoms with Crippen molar-refractivity contribution in [3.05, 3.63) is 17.5 Å². The summed E-state index contributed by atoms with van der Waals surface area (Å²) < 4.78 is 0. The summed E-state index contributed by atoms with van der Waals surface area (Å²) in [6.07, 6.45) is 6.61. The maximum atomic E-state index is 11.5. The molecule has 2 aliphatic rings. The van der Waals surface area contributed by atoms with Gasteiger partial charge in [0.15, 0.2) is 0 Å². The number of nitrogens with one attached hydrogen (secondary N) is 1. The fourth-order valence-electron chi connectivity index (χ4n) is 2.82. The molecule has 0 radical (unpaired) electrons. The fraction of sp³-hybridized carbons (Fsp3) is 0.643. The van der Waals surface area contributed by atoms with Crippen LogP contribution in [0.25, 0.3) is 0 Å². The number of nitrogens with zero attached hydrogens (tertiary/aromatic N) is 3. The van der Waals surface area contributed by atoms with Crippen LogP contribution < -0.4 is 10.2 Å². The molecule has 1 aromatic rings. The second kappa shape index (κ2) is 5.25. The third-order valence-electron chi connectivity index (χ3n) is 4.00. The van der Waals surface area contributed by atoms with Crippen molar-refractivity contribution in [1.29, 1.82) is 0 Å². The molecule has 19 heavy (non-hydrogen) atoms. The molecular formula is C14H20N4O. The largest absolute Gasteiger partial charge is 0.338 e. The zero-order valence-electron chi connectivity index (χ0n) is 11.4. The van der Waals surface area contributed by atoms with Gasteiger partial charge in [0.2, 0.25) is 5.95 Å². The van der Waals surface area contributed by atoms with Gasteiger partial charge in [-0.05, 0) is 38.2 Å². The number of rotatable bonds is 2. The van der Waals surface area contributed by atoms with Crippen molar-refractivity contribution < 1.29 is 4.79 Å². The molecule has 0 aromatic carbocycles. The van der Waals surface area contributed by atoms with Gasteiger partial charge in [0.05, 0.1) is 6.04 Å². The Morgan fingerprint density at radius 3 is 3.11 bits per heavy atom.